The normalized spacial score (nSPS) is 18.7. The third-order valence-corrected chi connectivity index (χ3v) is 3.61. The maximum Gasteiger partial charge on any atom is 0.0280 e. The van der Waals surface area contributed by atoms with Crippen molar-refractivity contribution in [2.75, 3.05) is 6.54 Å². The van der Waals surface area contributed by atoms with Crippen LogP contribution < -0.4 is 5.73 Å². The quantitative estimate of drug-likeness (QED) is 0.727. The summed E-state index contributed by atoms with van der Waals surface area (Å²) in [7, 11) is 0. The number of terminal acetylenes is 1. The summed E-state index contributed by atoms with van der Waals surface area (Å²) in [5, 5.41) is 0. The second-order valence-corrected chi connectivity index (χ2v) is 4.38. The highest BCUT2D eigenvalue weighted by Crippen LogP contribution is 2.41. The average molecular weight is 199 g/mol. The molecule has 0 aromatic heterocycles. The lowest BCUT2D eigenvalue weighted by Gasteiger charge is -2.29. The highest BCUT2D eigenvalue weighted by molar-refractivity contribution is 5.45. The zero-order chi connectivity index (χ0) is 10.7. The van der Waals surface area contributed by atoms with E-state index in [0.717, 1.165) is 5.56 Å². The van der Waals surface area contributed by atoms with E-state index in [1.54, 1.807) is 0 Å². The molecule has 1 aliphatic carbocycles. The number of benzene rings is 1. The molecule has 1 saturated carbocycles. The first-order valence-corrected chi connectivity index (χ1v) is 5.58. The van der Waals surface area contributed by atoms with Gasteiger partial charge in [0, 0.05) is 17.5 Å². The van der Waals surface area contributed by atoms with Gasteiger partial charge >= 0.3 is 0 Å². The van der Waals surface area contributed by atoms with Gasteiger partial charge in [-0.1, -0.05) is 37.0 Å². The first-order valence-electron chi connectivity index (χ1n) is 5.58. The van der Waals surface area contributed by atoms with E-state index in [2.05, 4.69) is 18.1 Å². The molecule has 1 nitrogen and oxygen atoms in total. The molecule has 0 bridgehead atoms. The zero-order valence-electron chi connectivity index (χ0n) is 9.00. The first-order chi connectivity index (χ1) is 7.32. The molecule has 0 radical (unpaired) electrons. The first kappa shape index (κ1) is 10.3. The van der Waals surface area contributed by atoms with E-state index < -0.39 is 0 Å². The molecular weight excluding hydrogens is 182 g/mol. The molecule has 1 aliphatic rings. The summed E-state index contributed by atoms with van der Waals surface area (Å²) in [5.41, 5.74) is 8.41. The van der Waals surface area contributed by atoms with Crippen molar-refractivity contribution < 1.29 is 0 Å². The van der Waals surface area contributed by atoms with Crippen molar-refractivity contribution >= 4 is 0 Å². The second-order valence-electron chi connectivity index (χ2n) is 4.38. The summed E-state index contributed by atoms with van der Waals surface area (Å²) in [4.78, 5) is 0. The zero-order valence-corrected chi connectivity index (χ0v) is 9.00. The molecule has 2 N–H and O–H groups in total. The van der Waals surface area contributed by atoms with Gasteiger partial charge in [0.25, 0.3) is 0 Å². The fraction of sp³-hybridized carbons (Fsp3) is 0.429. The van der Waals surface area contributed by atoms with Gasteiger partial charge in [0.05, 0.1) is 0 Å². The number of hydrogen-bond acceptors (Lipinski definition) is 1. The number of nitrogens with two attached hydrogens (primary N) is 1. The Kier molecular flexibility index (Phi) is 2.79. The Hall–Kier alpha value is -1.26. The highest BCUT2D eigenvalue weighted by Gasteiger charge is 2.35. The van der Waals surface area contributed by atoms with Gasteiger partial charge in [-0.2, -0.15) is 0 Å². The molecule has 0 heterocycles. The SMILES string of the molecule is C#Cc1ccccc1C1(CN)CCCC1. The van der Waals surface area contributed by atoms with Gasteiger partial charge in [0.15, 0.2) is 0 Å². The smallest absolute Gasteiger partial charge is 0.0280 e. The van der Waals surface area contributed by atoms with Crippen LogP contribution in [0.25, 0.3) is 0 Å². The topological polar surface area (TPSA) is 26.0 Å². The fourth-order valence-electron chi connectivity index (χ4n) is 2.71. The Morgan fingerprint density at radius 3 is 2.53 bits per heavy atom. The largest absolute Gasteiger partial charge is 0.330 e. The van der Waals surface area contributed by atoms with Crippen LogP contribution in [-0.4, -0.2) is 6.54 Å². The van der Waals surface area contributed by atoms with Crippen molar-refractivity contribution in [1.82, 2.24) is 0 Å². The fourth-order valence-corrected chi connectivity index (χ4v) is 2.71. The standard InChI is InChI=1S/C14H17N/c1-2-12-7-3-4-8-13(12)14(11-15)9-5-6-10-14/h1,3-4,7-8H,5-6,9-11,15H2. The summed E-state index contributed by atoms with van der Waals surface area (Å²) < 4.78 is 0. The summed E-state index contributed by atoms with van der Waals surface area (Å²) >= 11 is 0. The van der Waals surface area contributed by atoms with Gasteiger partial charge in [-0.15, -0.1) is 6.42 Å². The minimum Gasteiger partial charge on any atom is -0.330 e. The van der Waals surface area contributed by atoms with Gasteiger partial charge in [-0.05, 0) is 24.5 Å². The van der Waals surface area contributed by atoms with Crippen LogP contribution in [0.4, 0.5) is 0 Å². The van der Waals surface area contributed by atoms with E-state index in [4.69, 9.17) is 12.2 Å². The van der Waals surface area contributed by atoms with Crippen LogP contribution in [0.1, 0.15) is 36.8 Å². The predicted octanol–water partition coefficient (Wildman–Crippen LogP) is 2.44. The van der Waals surface area contributed by atoms with Crippen molar-refractivity contribution in [2.24, 2.45) is 5.73 Å². The molecule has 1 fully saturated rings. The molecule has 0 atom stereocenters. The number of rotatable bonds is 2. The van der Waals surface area contributed by atoms with Crippen molar-refractivity contribution in [3.8, 4) is 12.3 Å². The monoisotopic (exact) mass is 199 g/mol. The van der Waals surface area contributed by atoms with E-state index >= 15 is 0 Å². The average Bonchev–Trinajstić information content (AvgIpc) is 2.79. The van der Waals surface area contributed by atoms with Crippen molar-refractivity contribution in [2.45, 2.75) is 31.1 Å². The Balaban J connectivity index is 2.47. The molecule has 1 aromatic carbocycles. The molecule has 0 aliphatic heterocycles. The molecular formula is C14H17N. The third kappa shape index (κ3) is 1.66. The summed E-state index contributed by atoms with van der Waals surface area (Å²) in [6, 6.07) is 8.22. The molecule has 2 rings (SSSR count). The van der Waals surface area contributed by atoms with Crippen molar-refractivity contribution in [1.29, 1.82) is 0 Å². The molecule has 15 heavy (non-hydrogen) atoms. The molecule has 0 saturated heterocycles. The summed E-state index contributed by atoms with van der Waals surface area (Å²) in [6.45, 7) is 0.714. The lowest BCUT2D eigenvalue weighted by Crippen LogP contribution is -2.32. The van der Waals surface area contributed by atoms with Crippen LogP contribution in [0.3, 0.4) is 0 Å². The van der Waals surface area contributed by atoms with E-state index in [0.29, 0.717) is 6.54 Å². The lowest BCUT2D eigenvalue weighted by molar-refractivity contribution is 0.452. The second kappa shape index (κ2) is 4.08. The summed E-state index contributed by atoms with van der Waals surface area (Å²) in [6.07, 6.45) is 10.5. The summed E-state index contributed by atoms with van der Waals surface area (Å²) in [5.74, 6) is 2.78. The minimum atomic E-state index is 0.156. The van der Waals surface area contributed by atoms with Gasteiger partial charge in [0.2, 0.25) is 0 Å². The van der Waals surface area contributed by atoms with E-state index in [-0.39, 0.29) is 5.41 Å². The Labute approximate surface area is 91.7 Å². The van der Waals surface area contributed by atoms with Gasteiger partial charge in [-0.25, -0.2) is 0 Å². The Bertz CT molecular complexity index is 381. The molecule has 0 spiro atoms. The molecule has 1 heteroatoms. The highest BCUT2D eigenvalue weighted by atomic mass is 14.6. The molecule has 1 aromatic rings. The van der Waals surface area contributed by atoms with Crippen molar-refractivity contribution in [3.05, 3.63) is 35.4 Å². The van der Waals surface area contributed by atoms with E-state index in [1.807, 2.05) is 12.1 Å². The third-order valence-electron chi connectivity index (χ3n) is 3.61. The van der Waals surface area contributed by atoms with Crippen LogP contribution in [0.2, 0.25) is 0 Å². The van der Waals surface area contributed by atoms with Gasteiger partial charge < -0.3 is 5.73 Å². The minimum absolute atomic E-state index is 0.156. The maximum absolute atomic E-state index is 5.96. The van der Waals surface area contributed by atoms with Crippen LogP contribution in [0.5, 0.6) is 0 Å². The molecule has 78 valence electrons. The Morgan fingerprint density at radius 2 is 1.93 bits per heavy atom. The predicted molar refractivity (Wildman–Crippen MR) is 63.6 cm³/mol. The van der Waals surface area contributed by atoms with Crippen LogP contribution in [-0.2, 0) is 5.41 Å². The molecule has 0 amide bonds. The van der Waals surface area contributed by atoms with Crippen LogP contribution >= 0.6 is 0 Å². The van der Waals surface area contributed by atoms with Crippen molar-refractivity contribution in [3.63, 3.8) is 0 Å². The van der Waals surface area contributed by atoms with Gasteiger partial charge in [0.1, 0.15) is 0 Å². The lowest BCUT2D eigenvalue weighted by atomic mass is 9.77. The van der Waals surface area contributed by atoms with Crippen LogP contribution in [0.15, 0.2) is 24.3 Å². The van der Waals surface area contributed by atoms with E-state index in [1.165, 1.54) is 31.2 Å². The maximum atomic E-state index is 5.96. The van der Waals surface area contributed by atoms with E-state index in [9.17, 15) is 0 Å². The number of hydrogen-bond donors (Lipinski definition) is 1. The molecule has 0 unspecified atom stereocenters. The van der Waals surface area contributed by atoms with Crippen LogP contribution in [0, 0.1) is 12.3 Å². The Morgan fingerprint density at radius 1 is 1.27 bits per heavy atom. The van der Waals surface area contributed by atoms with Gasteiger partial charge in [-0.3, -0.25) is 0 Å².